The highest BCUT2D eigenvalue weighted by atomic mass is 35.5. The molecule has 0 fully saturated rings. The molecular weight excluding hydrogens is 312 g/mol. The van der Waals surface area contributed by atoms with E-state index in [1.54, 1.807) is 24.3 Å². The lowest BCUT2D eigenvalue weighted by Crippen LogP contribution is -2.30. The number of rotatable bonds is 5. The standard InChI is InChI=1S/C14H15ClN2O3S/c15-12-7-6-11(8-13(12)16)21(19,20)17-14(9-18)10-4-2-1-3-5-10/h1-8,14,17-18H,9,16H2/t14-/m1/s1. The summed E-state index contributed by atoms with van der Waals surface area (Å²) in [6.07, 6.45) is 0. The van der Waals surface area contributed by atoms with E-state index in [-0.39, 0.29) is 22.2 Å². The van der Waals surface area contributed by atoms with Crippen molar-refractivity contribution in [2.45, 2.75) is 10.9 Å². The van der Waals surface area contributed by atoms with Crippen molar-refractivity contribution in [3.05, 3.63) is 59.1 Å². The first-order valence-corrected chi connectivity index (χ1v) is 8.03. The van der Waals surface area contributed by atoms with Gasteiger partial charge in [-0.3, -0.25) is 0 Å². The third-order valence-electron chi connectivity index (χ3n) is 2.96. The van der Waals surface area contributed by atoms with E-state index in [4.69, 9.17) is 17.3 Å². The summed E-state index contributed by atoms with van der Waals surface area (Å²) >= 11 is 5.78. The van der Waals surface area contributed by atoms with Gasteiger partial charge in [0.05, 0.1) is 28.3 Å². The maximum atomic E-state index is 12.3. The van der Waals surface area contributed by atoms with Crippen LogP contribution in [-0.4, -0.2) is 20.1 Å². The zero-order chi connectivity index (χ0) is 15.5. The molecule has 0 saturated carbocycles. The van der Waals surface area contributed by atoms with Crippen LogP contribution < -0.4 is 10.5 Å². The summed E-state index contributed by atoms with van der Waals surface area (Å²) in [5.41, 5.74) is 6.47. The Kier molecular flexibility index (Phi) is 4.84. The van der Waals surface area contributed by atoms with Crippen molar-refractivity contribution < 1.29 is 13.5 Å². The van der Waals surface area contributed by atoms with Crippen LogP contribution in [0, 0.1) is 0 Å². The predicted octanol–water partition coefficient (Wildman–Crippen LogP) is 1.93. The van der Waals surface area contributed by atoms with Gasteiger partial charge in [0.2, 0.25) is 10.0 Å². The van der Waals surface area contributed by atoms with E-state index in [2.05, 4.69) is 4.72 Å². The highest BCUT2D eigenvalue weighted by molar-refractivity contribution is 7.89. The van der Waals surface area contributed by atoms with E-state index in [0.29, 0.717) is 5.56 Å². The molecule has 5 nitrogen and oxygen atoms in total. The van der Waals surface area contributed by atoms with Crippen LogP contribution in [0.4, 0.5) is 5.69 Å². The first-order valence-electron chi connectivity index (χ1n) is 6.17. The molecule has 1 atom stereocenters. The van der Waals surface area contributed by atoms with Crippen LogP contribution in [0.1, 0.15) is 11.6 Å². The summed E-state index contributed by atoms with van der Waals surface area (Å²) in [5.74, 6) is 0. The lowest BCUT2D eigenvalue weighted by Gasteiger charge is -2.17. The van der Waals surface area contributed by atoms with Gasteiger partial charge in [-0.1, -0.05) is 41.9 Å². The van der Waals surface area contributed by atoms with Crippen molar-refractivity contribution in [1.82, 2.24) is 4.72 Å². The summed E-state index contributed by atoms with van der Waals surface area (Å²) in [6, 6.07) is 12.2. The van der Waals surface area contributed by atoms with Crippen LogP contribution in [0.15, 0.2) is 53.4 Å². The van der Waals surface area contributed by atoms with E-state index in [0.717, 1.165) is 0 Å². The number of hydrogen-bond acceptors (Lipinski definition) is 4. The molecule has 0 saturated heterocycles. The zero-order valence-corrected chi connectivity index (χ0v) is 12.6. The minimum absolute atomic E-state index is 0.00113. The maximum absolute atomic E-state index is 12.3. The van der Waals surface area contributed by atoms with Gasteiger partial charge in [-0.05, 0) is 23.8 Å². The van der Waals surface area contributed by atoms with Crippen molar-refractivity contribution in [3.63, 3.8) is 0 Å². The van der Waals surface area contributed by atoms with Crippen molar-refractivity contribution in [1.29, 1.82) is 0 Å². The molecule has 0 aromatic heterocycles. The second-order valence-electron chi connectivity index (χ2n) is 4.45. The number of hydrogen-bond donors (Lipinski definition) is 3. The predicted molar refractivity (Wildman–Crippen MR) is 82.5 cm³/mol. The van der Waals surface area contributed by atoms with Crippen LogP contribution in [0.25, 0.3) is 0 Å². The van der Waals surface area contributed by atoms with E-state index in [1.165, 1.54) is 18.2 Å². The van der Waals surface area contributed by atoms with E-state index >= 15 is 0 Å². The Morgan fingerprint density at radius 3 is 2.43 bits per heavy atom. The summed E-state index contributed by atoms with van der Waals surface area (Å²) in [6.45, 7) is -0.355. The molecule has 0 amide bonds. The van der Waals surface area contributed by atoms with Crippen LogP contribution in [0.3, 0.4) is 0 Å². The number of nitrogens with one attached hydrogen (secondary N) is 1. The second kappa shape index (κ2) is 6.44. The lowest BCUT2D eigenvalue weighted by atomic mass is 10.1. The molecule has 0 aliphatic heterocycles. The number of aliphatic hydroxyl groups excluding tert-OH is 1. The average molecular weight is 327 g/mol. The van der Waals surface area contributed by atoms with Gasteiger partial charge in [0, 0.05) is 0 Å². The first-order chi connectivity index (χ1) is 9.94. The first kappa shape index (κ1) is 15.8. The van der Waals surface area contributed by atoms with Crippen LogP contribution in [-0.2, 0) is 10.0 Å². The molecule has 2 rings (SSSR count). The molecular formula is C14H15ClN2O3S. The number of aliphatic hydroxyl groups is 1. The molecule has 0 radical (unpaired) electrons. The molecule has 21 heavy (non-hydrogen) atoms. The van der Waals surface area contributed by atoms with E-state index in [9.17, 15) is 13.5 Å². The van der Waals surface area contributed by atoms with Gasteiger partial charge >= 0.3 is 0 Å². The Bertz CT molecular complexity index is 720. The third kappa shape index (κ3) is 3.74. The Labute approximate surface area is 128 Å². The molecule has 0 bridgehead atoms. The molecule has 0 heterocycles. The van der Waals surface area contributed by atoms with Crippen LogP contribution in [0.5, 0.6) is 0 Å². The monoisotopic (exact) mass is 326 g/mol. The van der Waals surface area contributed by atoms with E-state index in [1.807, 2.05) is 6.07 Å². The Morgan fingerprint density at radius 2 is 1.86 bits per heavy atom. The normalized spacial score (nSPS) is 13.0. The van der Waals surface area contributed by atoms with Crippen LogP contribution in [0.2, 0.25) is 5.02 Å². The molecule has 2 aromatic rings. The van der Waals surface area contributed by atoms with Crippen molar-refractivity contribution in [3.8, 4) is 0 Å². The Balaban J connectivity index is 2.29. The fraction of sp³-hybridized carbons (Fsp3) is 0.143. The SMILES string of the molecule is Nc1cc(S(=O)(=O)N[C@H](CO)c2ccccc2)ccc1Cl. The maximum Gasteiger partial charge on any atom is 0.241 e. The number of nitrogens with two attached hydrogens (primary N) is 1. The zero-order valence-electron chi connectivity index (χ0n) is 11.0. The highest BCUT2D eigenvalue weighted by Crippen LogP contribution is 2.23. The smallest absolute Gasteiger partial charge is 0.241 e. The van der Waals surface area contributed by atoms with Gasteiger partial charge in [0.25, 0.3) is 0 Å². The molecule has 112 valence electrons. The average Bonchev–Trinajstić information content (AvgIpc) is 2.48. The largest absolute Gasteiger partial charge is 0.397 e. The van der Waals surface area contributed by atoms with E-state index < -0.39 is 16.1 Å². The van der Waals surface area contributed by atoms with Gasteiger partial charge in [-0.2, -0.15) is 0 Å². The minimum Gasteiger partial charge on any atom is -0.397 e. The number of halogens is 1. The highest BCUT2D eigenvalue weighted by Gasteiger charge is 2.21. The Morgan fingerprint density at radius 1 is 1.19 bits per heavy atom. The summed E-state index contributed by atoms with van der Waals surface area (Å²) in [5, 5.41) is 9.70. The topological polar surface area (TPSA) is 92.4 Å². The molecule has 0 unspecified atom stereocenters. The van der Waals surface area contributed by atoms with Gasteiger partial charge in [-0.25, -0.2) is 13.1 Å². The molecule has 0 spiro atoms. The fourth-order valence-corrected chi connectivity index (χ4v) is 3.21. The number of benzene rings is 2. The number of sulfonamides is 1. The van der Waals surface area contributed by atoms with Gasteiger partial charge in [0.1, 0.15) is 0 Å². The summed E-state index contributed by atoms with van der Waals surface area (Å²) in [4.78, 5) is -0.00113. The van der Waals surface area contributed by atoms with Crippen molar-refractivity contribution in [2.75, 3.05) is 12.3 Å². The second-order valence-corrected chi connectivity index (χ2v) is 6.57. The van der Waals surface area contributed by atoms with Gasteiger partial charge < -0.3 is 10.8 Å². The molecule has 4 N–H and O–H groups in total. The van der Waals surface area contributed by atoms with Crippen LogP contribution >= 0.6 is 11.6 Å². The quantitative estimate of drug-likeness (QED) is 0.732. The molecule has 0 aliphatic rings. The molecule has 7 heteroatoms. The third-order valence-corrected chi connectivity index (χ3v) is 4.77. The lowest BCUT2D eigenvalue weighted by molar-refractivity contribution is 0.259. The molecule has 0 aliphatic carbocycles. The van der Waals surface area contributed by atoms with Gasteiger partial charge in [0.15, 0.2) is 0 Å². The van der Waals surface area contributed by atoms with Gasteiger partial charge in [-0.15, -0.1) is 0 Å². The van der Waals surface area contributed by atoms with Crippen molar-refractivity contribution in [2.24, 2.45) is 0 Å². The number of nitrogen functional groups attached to an aromatic ring is 1. The Hall–Kier alpha value is -1.60. The van der Waals surface area contributed by atoms with Crippen molar-refractivity contribution >= 4 is 27.3 Å². The minimum atomic E-state index is -3.81. The summed E-state index contributed by atoms with van der Waals surface area (Å²) in [7, 11) is -3.81. The number of anilines is 1. The fourth-order valence-electron chi connectivity index (χ4n) is 1.84. The summed E-state index contributed by atoms with van der Waals surface area (Å²) < 4.78 is 27.1. The molecule has 2 aromatic carbocycles.